The summed E-state index contributed by atoms with van der Waals surface area (Å²) in [4.78, 5) is 72.7. The van der Waals surface area contributed by atoms with Crippen LogP contribution in [0.2, 0.25) is 0 Å². The van der Waals surface area contributed by atoms with Crippen LogP contribution in [0.25, 0.3) is 0 Å². The molecule has 0 rings (SSSR count). The summed E-state index contributed by atoms with van der Waals surface area (Å²) in [5.41, 5.74) is 0. The number of phosphoric acid groups is 2. The Kier molecular flexibility index (Phi) is 65.0. The quantitative estimate of drug-likeness (QED) is 0.0222. The maximum atomic E-state index is 13.1. The Bertz CT molecular complexity index is 1890. The minimum atomic E-state index is -4.96. The first-order valence-corrected chi connectivity index (χ1v) is 42.8. The average molecular weight is 1410 g/mol. The summed E-state index contributed by atoms with van der Waals surface area (Å²) in [7, 11) is -9.91. The molecule has 570 valence electrons. The summed E-state index contributed by atoms with van der Waals surface area (Å²) >= 11 is 0. The second-order valence-corrected chi connectivity index (χ2v) is 32.1. The molecular formula is C77H150O17P2. The molecule has 0 bridgehead atoms. The first-order chi connectivity index (χ1) is 46.2. The van der Waals surface area contributed by atoms with Crippen molar-refractivity contribution in [3.8, 4) is 0 Å². The van der Waals surface area contributed by atoms with Crippen LogP contribution in [0.1, 0.15) is 389 Å². The molecule has 4 unspecified atom stereocenters. The van der Waals surface area contributed by atoms with E-state index in [1.54, 1.807) is 0 Å². The highest BCUT2D eigenvalue weighted by molar-refractivity contribution is 7.47. The third kappa shape index (κ3) is 67.9. The minimum absolute atomic E-state index is 0.104. The van der Waals surface area contributed by atoms with E-state index in [9.17, 15) is 43.2 Å². The third-order valence-electron chi connectivity index (χ3n) is 18.5. The number of esters is 4. The predicted octanol–water partition coefficient (Wildman–Crippen LogP) is 22.4. The van der Waals surface area contributed by atoms with E-state index in [4.69, 9.17) is 37.0 Å². The van der Waals surface area contributed by atoms with Crippen molar-refractivity contribution < 1.29 is 80.2 Å². The number of unbranched alkanes of at least 4 members (excludes halogenated alkanes) is 38. The van der Waals surface area contributed by atoms with Gasteiger partial charge in [-0.2, -0.15) is 0 Å². The van der Waals surface area contributed by atoms with Crippen LogP contribution in [0, 0.1) is 23.7 Å². The van der Waals surface area contributed by atoms with Gasteiger partial charge in [0.2, 0.25) is 0 Å². The summed E-state index contributed by atoms with van der Waals surface area (Å²) < 4.78 is 68.5. The third-order valence-corrected chi connectivity index (χ3v) is 20.4. The van der Waals surface area contributed by atoms with Gasteiger partial charge in [-0.3, -0.25) is 37.3 Å². The summed E-state index contributed by atoms with van der Waals surface area (Å²) in [6, 6.07) is 0. The number of carbonyl (C=O) groups is 4. The maximum Gasteiger partial charge on any atom is 0.472 e. The summed E-state index contributed by atoms with van der Waals surface area (Å²) in [6.45, 7) is 14.2. The lowest BCUT2D eigenvalue weighted by Gasteiger charge is -2.21. The van der Waals surface area contributed by atoms with Gasteiger partial charge in [-0.05, 0) is 49.4 Å². The largest absolute Gasteiger partial charge is 0.472 e. The number of ether oxygens (including phenoxy) is 4. The van der Waals surface area contributed by atoms with E-state index in [-0.39, 0.29) is 25.7 Å². The summed E-state index contributed by atoms with van der Waals surface area (Å²) in [5.74, 6) is 0.954. The normalized spacial score (nSPS) is 14.7. The second-order valence-electron chi connectivity index (χ2n) is 29.2. The highest BCUT2D eigenvalue weighted by Crippen LogP contribution is 2.45. The summed E-state index contributed by atoms with van der Waals surface area (Å²) in [6.07, 6.45) is 51.6. The van der Waals surface area contributed by atoms with Crippen LogP contribution in [0.4, 0.5) is 0 Å². The van der Waals surface area contributed by atoms with Gasteiger partial charge in [-0.15, -0.1) is 0 Å². The van der Waals surface area contributed by atoms with Gasteiger partial charge in [0.15, 0.2) is 12.2 Å². The Morgan fingerprint density at radius 3 is 0.740 bits per heavy atom. The van der Waals surface area contributed by atoms with Crippen LogP contribution in [-0.4, -0.2) is 96.7 Å². The van der Waals surface area contributed by atoms with E-state index < -0.39 is 97.5 Å². The van der Waals surface area contributed by atoms with Gasteiger partial charge in [0.05, 0.1) is 26.4 Å². The topological polar surface area (TPSA) is 237 Å². The molecular weight excluding hydrogens is 1260 g/mol. The van der Waals surface area contributed by atoms with Crippen molar-refractivity contribution >= 4 is 39.5 Å². The number of aliphatic hydroxyl groups is 1. The van der Waals surface area contributed by atoms with Crippen LogP contribution < -0.4 is 0 Å². The number of rotatable bonds is 74. The fourth-order valence-corrected chi connectivity index (χ4v) is 13.2. The molecule has 19 heteroatoms. The zero-order valence-corrected chi connectivity index (χ0v) is 64.8. The van der Waals surface area contributed by atoms with E-state index in [1.165, 1.54) is 186 Å². The van der Waals surface area contributed by atoms with Crippen molar-refractivity contribution in [2.45, 2.75) is 408 Å². The standard InChI is InChI=1S/C77H150O17P2/c1-9-69(7)55-47-39-30-23-19-17-15-13-11-12-14-16-18-20-26-33-43-51-59-76(81)93-73(64-88-75(80)58-50-42-36-35-38-46-54-68(5)6)66-92-96(85,86)90-62-71(78)61-89-95(83,84)91-65-72(94-77(82)60-52-44-34-28-27-29-37-45-53-67(3)4)63-87-74(79)57-49-41-32-25-22-21-24-31-40-48-56-70(8)10-2/h67-73,78H,9-66H2,1-8H3,(H,83,84)(H,85,86)/t69?,70?,71-,72-,73-/m1/s1. The molecule has 96 heavy (non-hydrogen) atoms. The van der Waals surface area contributed by atoms with Crippen LogP contribution in [0.3, 0.4) is 0 Å². The summed E-state index contributed by atoms with van der Waals surface area (Å²) in [5, 5.41) is 10.6. The van der Waals surface area contributed by atoms with Crippen molar-refractivity contribution in [1.29, 1.82) is 0 Å². The van der Waals surface area contributed by atoms with Crippen molar-refractivity contribution in [3.05, 3.63) is 0 Å². The molecule has 0 fully saturated rings. The van der Waals surface area contributed by atoms with E-state index in [0.29, 0.717) is 31.6 Å². The number of aliphatic hydroxyl groups excluding tert-OH is 1. The molecule has 0 aliphatic heterocycles. The van der Waals surface area contributed by atoms with Gasteiger partial charge in [0.25, 0.3) is 0 Å². The Hall–Kier alpha value is -1.94. The van der Waals surface area contributed by atoms with E-state index >= 15 is 0 Å². The fourth-order valence-electron chi connectivity index (χ4n) is 11.7. The first-order valence-electron chi connectivity index (χ1n) is 39.8. The van der Waals surface area contributed by atoms with Crippen LogP contribution in [0.5, 0.6) is 0 Å². The van der Waals surface area contributed by atoms with Gasteiger partial charge in [-0.25, -0.2) is 9.13 Å². The molecule has 0 spiro atoms. The van der Waals surface area contributed by atoms with Gasteiger partial charge in [0, 0.05) is 25.7 Å². The Morgan fingerprint density at radius 2 is 0.500 bits per heavy atom. The van der Waals surface area contributed by atoms with Crippen molar-refractivity contribution in [2.24, 2.45) is 23.7 Å². The Balaban J connectivity index is 5.15. The lowest BCUT2D eigenvalue weighted by Crippen LogP contribution is -2.30. The number of hydrogen-bond acceptors (Lipinski definition) is 15. The highest BCUT2D eigenvalue weighted by atomic mass is 31.2. The molecule has 0 aromatic carbocycles. The zero-order chi connectivity index (χ0) is 71.0. The molecule has 0 saturated carbocycles. The first kappa shape index (κ1) is 94.1. The number of hydrogen-bond donors (Lipinski definition) is 3. The molecule has 0 heterocycles. The van der Waals surface area contributed by atoms with Gasteiger partial charge < -0.3 is 33.8 Å². The van der Waals surface area contributed by atoms with Crippen molar-refractivity contribution in [2.75, 3.05) is 39.6 Å². The zero-order valence-electron chi connectivity index (χ0n) is 63.0. The predicted molar refractivity (Wildman–Crippen MR) is 391 cm³/mol. The van der Waals surface area contributed by atoms with Gasteiger partial charge in [0.1, 0.15) is 19.3 Å². The Morgan fingerprint density at radius 1 is 0.292 bits per heavy atom. The van der Waals surface area contributed by atoms with Crippen molar-refractivity contribution in [1.82, 2.24) is 0 Å². The van der Waals surface area contributed by atoms with Crippen molar-refractivity contribution in [3.63, 3.8) is 0 Å². The number of phosphoric ester groups is 2. The molecule has 0 saturated heterocycles. The second kappa shape index (κ2) is 66.3. The smallest absolute Gasteiger partial charge is 0.462 e. The highest BCUT2D eigenvalue weighted by Gasteiger charge is 2.30. The number of carbonyl (C=O) groups excluding carboxylic acids is 4. The molecule has 0 amide bonds. The lowest BCUT2D eigenvalue weighted by molar-refractivity contribution is -0.161. The fraction of sp³-hybridized carbons (Fsp3) is 0.948. The van der Waals surface area contributed by atoms with Crippen LogP contribution >= 0.6 is 15.6 Å². The molecule has 0 radical (unpaired) electrons. The molecule has 17 nitrogen and oxygen atoms in total. The average Bonchev–Trinajstić information content (AvgIpc) is 1.31. The SMILES string of the molecule is CCC(C)CCCCCCCCCCCCCCCCCCCCC(=O)O[C@H](COC(=O)CCCCCCCCC(C)C)COP(=O)(O)OC[C@H](O)COP(=O)(O)OC[C@@H](COC(=O)CCCCCCCCCCCCC(C)CC)OC(=O)CCCCCCCCCCC(C)C. The van der Waals surface area contributed by atoms with Gasteiger partial charge >= 0.3 is 39.5 Å². The molecule has 0 aliphatic carbocycles. The van der Waals surface area contributed by atoms with E-state index in [2.05, 4.69) is 55.4 Å². The van der Waals surface area contributed by atoms with Crippen LogP contribution in [0.15, 0.2) is 0 Å². The molecule has 7 atom stereocenters. The van der Waals surface area contributed by atoms with Gasteiger partial charge in [-0.1, -0.05) is 338 Å². The monoisotopic (exact) mass is 1410 g/mol. The molecule has 0 aromatic heterocycles. The lowest BCUT2D eigenvalue weighted by atomic mass is 9.99. The van der Waals surface area contributed by atoms with E-state index in [1.807, 2.05) is 0 Å². The van der Waals surface area contributed by atoms with E-state index in [0.717, 1.165) is 114 Å². The maximum absolute atomic E-state index is 13.1. The minimum Gasteiger partial charge on any atom is -0.462 e. The molecule has 0 aromatic rings. The Labute approximate surface area is 588 Å². The molecule has 3 N–H and O–H groups in total. The molecule has 0 aliphatic rings. The van der Waals surface area contributed by atoms with Crippen LogP contribution in [-0.2, 0) is 65.4 Å².